The van der Waals surface area contributed by atoms with Crippen LogP contribution in [-0.4, -0.2) is 13.2 Å². The smallest absolute Gasteiger partial charge is 0.169 e. The molecule has 1 aliphatic rings. The van der Waals surface area contributed by atoms with Crippen molar-refractivity contribution in [2.75, 3.05) is 7.11 Å². The number of benzene rings is 1. The lowest BCUT2D eigenvalue weighted by molar-refractivity contribution is 0.0128. The molecule has 0 aliphatic heterocycles. The highest BCUT2D eigenvalue weighted by molar-refractivity contribution is 5.78. The summed E-state index contributed by atoms with van der Waals surface area (Å²) in [5.41, 5.74) is 6.63. The van der Waals surface area contributed by atoms with Crippen LogP contribution in [-0.2, 0) is 4.74 Å². The summed E-state index contributed by atoms with van der Waals surface area (Å²) in [5, 5.41) is 0.749. The van der Waals surface area contributed by atoms with Crippen LogP contribution in [0.5, 0.6) is 0 Å². The van der Waals surface area contributed by atoms with E-state index < -0.39 is 0 Å². The van der Waals surface area contributed by atoms with Crippen LogP contribution in [0.1, 0.15) is 43.9 Å². The van der Waals surface area contributed by atoms with Crippen molar-refractivity contribution in [1.82, 2.24) is 0 Å². The lowest BCUT2D eigenvalue weighted by Gasteiger charge is -2.32. The maximum absolute atomic E-state index is 13.7. The number of methoxy groups -OCH3 is 1. The van der Waals surface area contributed by atoms with Crippen molar-refractivity contribution in [1.29, 1.82) is 0 Å². The van der Waals surface area contributed by atoms with Crippen molar-refractivity contribution in [2.45, 2.75) is 44.2 Å². The third kappa shape index (κ3) is 2.83. The third-order valence-electron chi connectivity index (χ3n) is 4.58. The van der Waals surface area contributed by atoms with Gasteiger partial charge in [-0.25, -0.2) is 4.39 Å². The van der Waals surface area contributed by atoms with E-state index in [-0.39, 0.29) is 23.5 Å². The normalized spacial score (nSPS) is 19.8. The van der Waals surface area contributed by atoms with E-state index in [1.165, 1.54) is 25.3 Å². The van der Waals surface area contributed by atoms with Gasteiger partial charge in [0.2, 0.25) is 0 Å². The van der Waals surface area contributed by atoms with Gasteiger partial charge in [0.25, 0.3) is 0 Å². The van der Waals surface area contributed by atoms with Gasteiger partial charge < -0.3 is 14.9 Å². The van der Waals surface area contributed by atoms with Gasteiger partial charge in [-0.3, -0.25) is 0 Å². The average molecular weight is 291 g/mol. The molecule has 3 rings (SSSR count). The molecule has 2 N–H and O–H groups in total. The summed E-state index contributed by atoms with van der Waals surface area (Å²) >= 11 is 0. The molecular weight excluding hydrogens is 269 g/mol. The minimum absolute atomic E-state index is 0.0751. The number of hydrogen-bond acceptors (Lipinski definition) is 3. The van der Waals surface area contributed by atoms with Crippen molar-refractivity contribution in [3.05, 3.63) is 35.8 Å². The monoisotopic (exact) mass is 291 g/mol. The molecule has 1 heterocycles. The maximum Gasteiger partial charge on any atom is 0.169 e. The lowest BCUT2D eigenvalue weighted by atomic mass is 9.82. The summed E-state index contributed by atoms with van der Waals surface area (Å²) in [6, 6.07) is 6.39. The summed E-state index contributed by atoms with van der Waals surface area (Å²) < 4.78 is 25.0. The summed E-state index contributed by atoms with van der Waals surface area (Å²) in [7, 11) is 1.70. The largest absolute Gasteiger partial charge is 0.456 e. The molecule has 0 saturated heterocycles. The van der Waals surface area contributed by atoms with E-state index in [0.29, 0.717) is 11.7 Å². The Balaban J connectivity index is 1.87. The fourth-order valence-electron chi connectivity index (χ4n) is 3.47. The van der Waals surface area contributed by atoms with Crippen LogP contribution in [0.2, 0.25) is 0 Å². The Kier molecular flexibility index (Phi) is 4.27. The van der Waals surface area contributed by atoms with E-state index in [4.69, 9.17) is 14.9 Å². The van der Waals surface area contributed by atoms with Crippen LogP contribution in [0.25, 0.3) is 11.0 Å². The number of rotatable bonds is 4. The van der Waals surface area contributed by atoms with Crippen molar-refractivity contribution < 1.29 is 13.5 Å². The molecule has 1 fully saturated rings. The van der Waals surface area contributed by atoms with Gasteiger partial charge in [-0.2, -0.15) is 0 Å². The van der Waals surface area contributed by atoms with Gasteiger partial charge >= 0.3 is 0 Å². The van der Waals surface area contributed by atoms with E-state index >= 15 is 0 Å². The van der Waals surface area contributed by atoms with Crippen LogP contribution in [0.15, 0.2) is 28.7 Å². The van der Waals surface area contributed by atoms with E-state index in [0.717, 1.165) is 18.2 Å². The van der Waals surface area contributed by atoms with Gasteiger partial charge in [-0.1, -0.05) is 31.4 Å². The van der Waals surface area contributed by atoms with Gasteiger partial charge in [0, 0.05) is 12.5 Å². The number of fused-ring (bicyclic) bond motifs is 1. The molecule has 2 aromatic rings. The van der Waals surface area contributed by atoms with Gasteiger partial charge in [-0.05, 0) is 30.9 Å². The van der Waals surface area contributed by atoms with Crippen LogP contribution in [0, 0.1) is 11.7 Å². The van der Waals surface area contributed by atoms with E-state index in [9.17, 15) is 4.39 Å². The summed E-state index contributed by atoms with van der Waals surface area (Å²) in [5.74, 6) is 0.710. The maximum atomic E-state index is 13.7. The molecule has 2 atom stereocenters. The van der Waals surface area contributed by atoms with Crippen LogP contribution >= 0.6 is 0 Å². The first-order valence-corrected chi connectivity index (χ1v) is 7.67. The number of hydrogen-bond donors (Lipinski definition) is 1. The molecule has 114 valence electrons. The van der Waals surface area contributed by atoms with E-state index in [1.54, 1.807) is 13.2 Å². The molecular formula is C17H22FNO2. The number of furan rings is 1. The second kappa shape index (κ2) is 6.16. The summed E-state index contributed by atoms with van der Waals surface area (Å²) in [6.45, 7) is 0. The predicted molar refractivity (Wildman–Crippen MR) is 80.5 cm³/mol. The molecule has 1 aromatic heterocycles. The second-order valence-electron chi connectivity index (χ2n) is 5.93. The Morgan fingerprint density at radius 1 is 1.29 bits per heavy atom. The standard InChI is InChI=1S/C17H22FNO2/c1-20-17(11-6-3-2-4-7-11)15(19)14-10-12-8-5-9-13(18)16(12)21-14/h5,8-11,15,17H,2-4,6-7,19H2,1H3. The van der Waals surface area contributed by atoms with Crippen molar-refractivity contribution >= 4 is 11.0 Å². The quantitative estimate of drug-likeness (QED) is 0.919. The second-order valence-corrected chi connectivity index (χ2v) is 5.93. The molecule has 0 amide bonds. The first-order chi connectivity index (χ1) is 10.2. The Hall–Kier alpha value is -1.39. The molecule has 0 bridgehead atoms. The molecule has 2 unspecified atom stereocenters. The average Bonchev–Trinajstić information content (AvgIpc) is 2.95. The SMILES string of the molecule is COC(C1CCCCC1)C(N)c1cc2cccc(F)c2o1. The molecule has 1 aliphatic carbocycles. The minimum atomic E-state index is -0.357. The fourth-order valence-corrected chi connectivity index (χ4v) is 3.47. The number of nitrogens with two attached hydrogens (primary N) is 1. The highest BCUT2D eigenvalue weighted by atomic mass is 19.1. The lowest BCUT2D eigenvalue weighted by Crippen LogP contribution is -2.35. The highest BCUT2D eigenvalue weighted by Crippen LogP contribution is 2.35. The zero-order valence-corrected chi connectivity index (χ0v) is 12.3. The summed E-state index contributed by atoms with van der Waals surface area (Å²) in [6.07, 6.45) is 5.95. The van der Waals surface area contributed by atoms with Gasteiger partial charge in [0.05, 0.1) is 12.1 Å². The van der Waals surface area contributed by atoms with E-state index in [1.807, 2.05) is 12.1 Å². The van der Waals surface area contributed by atoms with Crippen molar-refractivity contribution in [2.24, 2.45) is 11.7 Å². The van der Waals surface area contributed by atoms with Gasteiger partial charge in [0.15, 0.2) is 11.4 Å². The summed E-state index contributed by atoms with van der Waals surface area (Å²) in [4.78, 5) is 0. The third-order valence-corrected chi connectivity index (χ3v) is 4.58. The number of ether oxygens (including phenoxy) is 1. The van der Waals surface area contributed by atoms with E-state index in [2.05, 4.69) is 0 Å². The molecule has 21 heavy (non-hydrogen) atoms. The molecule has 3 nitrogen and oxygen atoms in total. The van der Waals surface area contributed by atoms with Gasteiger partial charge in [0.1, 0.15) is 5.76 Å². The molecule has 4 heteroatoms. The zero-order chi connectivity index (χ0) is 14.8. The molecule has 1 saturated carbocycles. The zero-order valence-electron chi connectivity index (χ0n) is 12.3. The Labute approximate surface area is 124 Å². The Morgan fingerprint density at radius 2 is 2.05 bits per heavy atom. The van der Waals surface area contributed by atoms with Crippen LogP contribution in [0.3, 0.4) is 0 Å². The van der Waals surface area contributed by atoms with Crippen molar-refractivity contribution in [3.63, 3.8) is 0 Å². The Morgan fingerprint density at radius 3 is 2.71 bits per heavy atom. The number of halogens is 1. The minimum Gasteiger partial charge on any atom is -0.456 e. The highest BCUT2D eigenvalue weighted by Gasteiger charge is 2.31. The molecule has 0 radical (unpaired) electrons. The topological polar surface area (TPSA) is 48.4 Å². The van der Waals surface area contributed by atoms with Gasteiger partial charge in [-0.15, -0.1) is 0 Å². The van der Waals surface area contributed by atoms with Crippen LogP contribution < -0.4 is 5.73 Å². The van der Waals surface area contributed by atoms with Crippen LogP contribution in [0.4, 0.5) is 4.39 Å². The molecule has 0 spiro atoms. The number of para-hydroxylation sites is 1. The predicted octanol–water partition coefficient (Wildman–Crippen LogP) is 4.17. The Bertz CT molecular complexity index is 604. The molecule has 1 aromatic carbocycles. The first-order valence-electron chi connectivity index (χ1n) is 7.67. The van der Waals surface area contributed by atoms with Crippen molar-refractivity contribution in [3.8, 4) is 0 Å². The fraction of sp³-hybridized carbons (Fsp3) is 0.529. The first kappa shape index (κ1) is 14.5.